The van der Waals surface area contributed by atoms with Crippen LogP contribution in [0.1, 0.15) is 42.6 Å². The maximum absolute atomic E-state index is 13.1. The van der Waals surface area contributed by atoms with Crippen molar-refractivity contribution in [2.24, 2.45) is 0 Å². The second-order valence-electron chi connectivity index (χ2n) is 8.25. The summed E-state index contributed by atoms with van der Waals surface area (Å²) in [6.45, 7) is 5.81. The fourth-order valence-electron chi connectivity index (χ4n) is 4.84. The largest absolute Gasteiger partial charge is 0.383 e. The average Bonchev–Trinajstić information content (AvgIpc) is 3.41. The van der Waals surface area contributed by atoms with Crippen molar-refractivity contribution in [2.45, 2.75) is 44.2 Å². The topological polar surface area (TPSA) is 70.9 Å². The second kappa shape index (κ2) is 8.21. The van der Waals surface area contributed by atoms with Gasteiger partial charge in [0.25, 0.3) is 5.91 Å². The number of rotatable bonds is 6. The number of piperidine rings is 1. The minimum atomic E-state index is -0.0271. The summed E-state index contributed by atoms with van der Waals surface area (Å²) in [5.41, 5.74) is 0.592. The smallest absolute Gasteiger partial charge is 0.272 e. The molecule has 0 radical (unpaired) electrons. The Hall–Kier alpha value is -1.93. The van der Waals surface area contributed by atoms with Gasteiger partial charge in [0.05, 0.1) is 19.7 Å². The zero-order chi connectivity index (χ0) is 19.6. The highest BCUT2D eigenvalue weighted by Gasteiger charge is 2.49. The summed E-state index contributed by atoms with van der Waals surface area (Å²) in [5.74, 6) is 0.281. The molecule has 1 spiro atoms. The standard InChI is InChI=1S/C20H31N5O3/c1-28-14-13-25-17(5-8-21-25)19(27)23-11-4-6-20(16-23)7-12-24(20)15-18(26)22-9-2-3-10-22/h5,8H,2-4,6-7,9-16H2,1H3/t20-/m0/s1. The Morgan fingerprint density at radius 2 is 1.89 bits per heavy atom. The number of amides is 2. The van der Waals surface area contributed by atoms with Crippen molar-refractivity contribution in [1.82, 2.24) is 24.5 Å². The van der Waals surface area contributed by atoms with Crippen molar-refractivity contribution in [2.75, 3.05) is 53.0 Å². The number of hydrogen-bond acceptors (Lipinski definition) is 5. The Morgan fingerprint density at radius 3 is 2.61 bits per heavy atom. The Balaban J connectivity index is 1.40. The van der Waals surface area contributed by atoms with Crippen molar-refractivity contribution in [1.29, 1.82) is 0 Å². The first-order chi connectivity index (χ1) is 13.6. The molecule has 0 aromatic carbocycles. The Bertz CT molecular complexity index is 714. The molecule has 3 aliphatic rings. The van der Waals surface area contributed by atoms with Crippen LogP contribution in [0.5, 0.6) is 0 Å². The molecule has 3 fully saturated rings. The molecule has 0 unspecified atom stereocenters. The third-order valence-corrected chi connectivity index (χ3v) is 6.59. The van der Waals surface area contributed by atoms with E-state index in [0.717, 1.165) is 58.3 Å². The van der Waals surface area contributed by atoms with Gasteiger partial charge in [-0.25, -0.2) is 0 Å². The maximum Gasteiger partial charge on any atom is 0.272 e. The summed E-state index contributed by atoms with van der Waals surface area (Å²) in [6, 6.07) is 1.79. The van der Waals surface area contributed by atoms with Gasteiger partial charge in [0, 0.05) is 51.6 Å². The molecule has 8 heteroatoms. The number of hydrogen-bond donors (Lipinski definition) is 0. The molecule has 1 atom stereocenters. The van der Waals surface area contributed by atoms with Crippen molar-refractivity contribution in [3.8, 4) is 0 Å². The number of likely N-dealkylation sites (tertiary alicyclic amines) is 3. The minimum absolute atomic E-state index is 0.0271. The SMILES string of the molecule is COCCn1nccc1C(=O)N1CCC[C@]2(CCN2CC(=O)N2CCCC2)C1. The number of carbonyl (C=O) groups is 2. The van der Waals surface area contributed by atoms with Gasteiger partial charge in [-0.05, 0) is 38.2 Å². The molecule has 0 saturated carbocycles. The van der Waals surface area contributed by atoms with Gasteiger partial charge in [-0.1, -0.05) is 0 Å². The maximum atomic E-state index is 13.1. The molecule has 0 N–H and O–H groups in total. The number of carbonyl (C=O) groups excluding carboxylic acids is 2. The molecule has 1 aromatic heterocycles. The average molecular weight is 390 g/mol. The van der Waals surface area contributed by atoms with Gasteiger partial charge in [0.15, 0.2) is 0 Å². The van der Waals surface area contributed by atoms with Crippen molar-refractivity contribution >= 4 is 11.8 Å². The highest BCUT2D eigenvalue weighted by atomic mass is 16.5. The van der Waals surface area contributed by atoms with Gasteiger partial charge < -0.3 is 14.5 Å². The fourth-order valence-corrected chi connectivity index (χ4v) is 4.84. The van der Waals surface area contributed by atoms with E-state index in [2.05, 4.69) is 10.00 Å². The van der Waals surface area contributed by atoms with Gasteiger partial charge in [-0.15, -0.1) is 0 Å². The van der Waals surface area contributed by atoms with Crippen LogP contribution in [0.2, 0.25) is 0 Å². The summed E-state index contributed by atoms with van der Waals surface area (Å²) in [6.07, 6.45) is 7.02. The van der Waals surface area contributed by atoms with Gasteiger partial charge >= 0.3 is 0 Å². The minimum Gasteiger partial charge on any atom is -0.383 e. The zero-order valence-corrected chi connectivity index (χ0v) is 16.8. The molecular weight excluding hydrogens is 358 g/mol. The van der Waals surface area contributed by atoms with Crippen LogP contribution in [0, 0.1) is 0 Å². The van der Waals surface area contributed by atoms with Crippen LogP contribution in [0.4, 0.5) is 0 Å². The van der Waals surface area contributed by atoms with Crippen LogP contribution < -0.4 is 0 Å². The number of ether oxygens (including phenoxy) is 1. The lowest BCUT2D eigenvalue weighted by Crippen LogP contribution is -2.68. The van der Waals surface area contributed by atoms with Crippen molar-refractivity contribution in [3.63, 3.8) is 0 Å². The van der Waals surface area contributed by atoms with E-state index in [0.29, 0.717) is 31.9 Å². The van der Waals surface area contributed by atoms with Gasteiger partial charge in [-0.2, -0.15) is 5.10 Å². The van der Waals surface area contributed by atoms with Gasteiger partial charge in [0.1, 0.15) is 5.69 Å². The van der Waals surface area contributed by atoms with Crippen LogP contribution >= 0.6 is 0 Å². The molecule has 1 aromatic rings. The third-order valence-electron chi connectivity index (χ3n) is 6.59. The molecule has 0 aliphatic carbocycles. The summed E-state index contributed by atoms with van der Waals surface area (Å²) in [7, 11) is 1.65. The highest BCUT2D eigenvalue weighted by Crippen LogP contribution is 2.39. The molecule has 3 saturated heterocycles. The zero-order valence-electron chi connectivity index (χ0n) is 16.8. The van der Waals surface area contributed by atoms with E-state index in [-0.39, 0.29) is 17.4 Å². The predicted molar refractivity (Wildman–Crippen MR) is 104 cm³/mol. The van der Waals surface area contributed by atoms with E-state index in [1.165, 1.54) is 0 Å². The molecular formula is C20H31N5O3. The first-order valence-corrected chi connectivity index (χ1v) is 10.5. The number of nitrogens with zero attached hydrogens (tertiary/aromatic N) is 5. The third kappa shape index (κ3) is 3.67. The molecule has 4 heterocycles. The Labute approximate surface area is 166 Å². The molecule has 0 bridgehead atoms. The van der Waals surface area contributed by atoms with Gasteiger partial charge in [0.2, 0.25) is 5.91 Å². The number of aromatic nitrogens is 2. The Kier molecular flexibility index (Phi) is 5.68. The van der Waals surface area contributed by atoms with Crippen molar-refractivity contribution in [3.05, 3.63) is 18.0 Å². The second-order valence-corrected chi connectivity index (χ2v) is 8.25. The van der Waals surface area contributed by atoms with Crippen LogP contribution in [0.15, 0.2) is 12.3 Å². The van der Waals surface area contributed by atoms with Crippen LogP contribution in [0.25, 0.3) is 0 Å². The van der Waals surface area contributed by atoms with Crippen LogP contribution in [-0.4, -0.2) is 94.8 Å². The van der Waals surface area contributed by atoms with Crippen molar-refractivity contribution < 1.29 is 14.3 Å². The quantitative estimate of drug-likeness (QED) is 0.721. The highest BCUT2D eigenvalue weighted by molar-refractivity contribution is 5.92. The predicted octanol–water partition coefficient (Wildman–Crippen LogP) is 0.832. The van der Waals surface area contributed by atoms with Crippen LogP contribution in [0.3, 0.4) is 0 Å². The molecule has 2 amide bonds. The van der Waals surface area contributed by atoms with E-state index < -0.39 is 0 Å². The van der Waals surface area contributed by atoms with E-state index in [9.17, 15) is 9.59 Å². The monoisotopic (exact) mass is 389 g/mol. The lowest BCUT2D eigenvalue weighted by atomic mass is 9.77. The lowest BCUT2D eigenvalue weighted by molar-refractivity contribution is -0.138. The van der Waals surface area contributed by atoms with Crippen LogP contribution in [-0.2, 0) is 16.1 Å². The fraction of sp³-hybridized carbons (Fsp3) is 0.750. The van der Waals surface area contributed by atoms with E-state index in [1.807, 2.05) is 9.80 Å². The number of methoxy groups -OCH3 is 1. The van der Waals surface area contributed by atoms with E-state index in [1.54, 1.807) is 24.1 Å². The van der Waals surface area contributed by atoms with E-state index in [4.69, 9.17) is 4.74 Å². The summed E-state index contributed by atoms with van der Waals surface area (Å²) in [5, 5.41) is 4.27. The molecule has 4 rings (SSSR count). The molecule has 154 valence electrons. The summed E-state index contributed by atoms with van der Waals surface area (Å²) < 4.78 is 6.84. The van der Waals surface area contributed by atoms with E-state index >= 15 is 0 Å². The first kappa shape index (κ1) is 19.4. The normalized spacial score (nSPS) is 25.3. The molecule has 3 aliphatic heterocycles. The summed E-state index contributed by atoms with van der Waals surface area (Å²) >= 11 is 0. The molecule has 8 nitrogen and oxygen atoms in total. The van der Waals surface area contributed by atoms with Gasteiger partial charge in [-0.3, -0.25) is 19.2 Å². The lowest BCUT2D eigenvalue weighted by Gasteiger charge is -2.57. The first-order valence-electron chi connectivity index (χ1n) is 10.5. The Morgan fingerprint density at radius 1 is 1.11 bits per heavy atom. The molecule has 28 heavy (non-hydrogen) atoms. The summed E-state index contributed by atoms with van der Waals surface area (Å²) in [4.78, 5) is 32.0.